The van der Waals surface area contributed by atoms with Crippen molar-refractivity contribution in [2.75, 3.05) is 6.61 Å². The molecule has 6 heteroatoms. The molecule has 0 spiro atoms. The number of primary amides is 1. The van der Waals surface area contributed by atoms with Crippen molar-refractivity contribution in [3.05, 3.63) is 65.5 Å². The van der Waals surface area contributed by atoms with Crippen LogP contribution in [0.3, 0.4) is 0 Å². The average Bonchev–Trinajstić information content (AvgIpc) is 3.14. The molecule has 138 valence electrons. The lowest BCUT2D eigenvalue weighted by Crippen LogP contribution is -2.19. The van der Waals surface area contributed by atoms with Crippen LogP contribution in [0.4, 0.5) is 0 Å². The molecule has 0 aliphatic carbocycles. The van der Waals surface area contributed by atoms with Crippen LogP contribution in [-0.4, -0.2) is 22.7 Å². The van der Waals surface area contributed by atoms with Crippen LogP contribution in [-0.2, 0) is 4.79 Å². The second-order valence-corrected chi connectivity index (χ2v) is 6.39. The van der Waals surface area contributed by atoms with E-state index in [1.165, 1.54) is 5.56 Å². The lowest BCUT2D eigenvalue weighted by atomic mass is 10.0. The Labute approximate surface area is 157 Å². The molecule has 0 saturated heterocycles. The highest BCUT2D eigenvalue weighted by Gasteiger charge is 2.07. The fourth-order valence-electron chi connectivity index (χ4n) is 2.43. The maximum Gasteiger partial charge on any atom is 0.255 e. The summed E-state index contributed by atoms with van der Waals surface area (Å²) < 4.78 is 10.5. The third-order valence-corrected chi connectivity index (χ3v) is 3.96. The molecule has 2 aromatic carbocycles. The van der Waals surface area contributed by atoms with E-state index >= 15 is 0 Å². The van der Waals surface area contributed by atoms with E-state index in [0.717, 1.165) is 11.1 Å². The number of rotatable bonds is 7. The van der Waals surface area contributed by atoms with Gasteiger partial charge in [0.2, 0.25) is 5.82 Å². The maximum absolute atomic E-state index is 10.7. The molecule has 2 N–H and O–H groups in total. The lowest BCUT2D eigenvalue weighted by molar-refractivity contribution is -0.119. The Morgan fingerprint density at radius 2 is 1.81 bits per heavy atom. The highest BCUT2D eigenvalue weighted by atomic mass is 16.5. The monoisotopic (exact) mass is 363 g/mol. The minimum Gasteiger partial charge on any atom is -0.484 e. The Morgan fingerprint density at radius 3 is 2.44 bits per heavy atom. The average molecular weight is 363 g/mol. The molecular formula is C21H21N3O3. The molecule has 0 aliphatic rings. The number of amides is 1. The van der Waals surface area contributed by atoms with E-state index in [1.807, 2.05) is 6.08 Å². The topological polar surface area (TPSA) is 91.2 Å². The summed E-state index contributed by atoms with van der Waals surface area (Å²) in [7, 11) is 0. The van der Waals surface area contributed by atoms with Gasteiger partial charge in [-0.2, -0.15) is 4.98 Å². The van der Waals surface area contributed by atoms with Crippen molar-refractivity contribution in [1.29, 1.82) is 0 Å². The van der Waals surface area contributed by atoms with Gasteiger partial charge >= 0.3 is 0 Å². The lowest BCUT2D eigenvalue weighted by Gasteiger charge is -2.04. The number of nitrogens with two attached hydrogens (primary N) is 1. The SMILES string of the molecule is CC(C)c1ccc(/C=C\c2nc(-c3ccc(OCC(N)=O)cc3)no2)cc1. The standard InChI is InChI=1S/C21H21N3O3/c1-14(2)16-6-3-15(4-7-16)5-12-20-23-21(24-27-20)17-8-10-18(11-9-17)26-13-19(22)25/h3-12,14H,13H2,1-2H3,(H2,22,25)/b12-5-. The number of carbonyl (C=O) groups excluding carboxylic acids is 1. The molecule has 1 amide bonds. The van der Waals surface area contributed by atoms with Crippen molar-refractivity contribution in [2.45, 2.75) is 19.8 Å². The number of ether oxygens (including phenoxy) is 1. The second-order valence-electron chi connectivity index (χ2n) is 6.39. The van der Waals surface area contributed by atoms with Gasteiger partial charge in [-0.1, -0.05) is 43.3 Å². The van der Waals surface area contributed by atoms with E-state index in [-0.39, 0.29) is 6.61 Å². The highest BCUT2D eigenvalue weighted by molar-refractivity contribution is 5.75. The molecular weight excluding hydrogens is 342 g/mol. The van der Waals surface area contributed by atoms with Crippen LogP contribution < -0.4 is 10.5 Å². The normalized spacial score (nSPS) is 11.2. The number of hydrogen-bond acceptors (Lipinski definition) is 5. The Bertz CT molecular complexity index is 926. The Balaban J connectivity index is 1.66. The van der Waals surface area contributed by atoms with Gasteiger partial charge in [0.15, 0.2) is 6.61 Å². The van der Waals surface area contributed by atoms with Gasteiger partial charge in [-0.25, -0.2) is 0 Å². The van der Waals surface area contributed by atoms with Gasteiger partial charge < -0.3 is 15.0 Å². The smallest absolute Gasteiger partial charge is 0.255 e. The summed E-state index contributed by atoms with van der Waals surface area (Å²) >= 11 is 0. The summed E-state index contributed by atoms with van der Waals surface area (Å²) in [5.74, 6) is 1.44. The van der Waals surface area contributed by atoms with Crippen molar-refractivity contribution >= 4 is 18.1 Å². The summed E-state index contributed by atoms with van der Waals surface area (Å²) in [5, 5.41) is 3.99. The number of carbonyl (C=O) groups is 1. The fourth-order valence-corrected chi connectivity index (χ4v) is 2.43. The molecule has 0 bridgehead atoms. The zero-order valence-electron chi connectivity index (χ0n) is 15.3. The molecule has 0 radical (unpaired) electrons. The predicted molar refractivity (Wildman–Crippen MR) is 104 cm³/mol. The first-order valence-electron chi connectivity index (χ1n) is 8.64. The van der Waals surface area contributed by atoms with Gasteiger partial charge in [0.05, 0.1) is 0 Å². The fraction of sp³-hybridized carbons (Fsp3) is 0.190. The van der Waals surface area contributed by atoms with Crippen molar-refractivity contribution in [3.8, 4) is 17.1 Å². The maximum atomic E-state index is 10.7. The summed E-state index contributed by atoms with van der Waals surface area (Å²) in [6.07, 6.45) is 3.72. The molecule has 3 rings (SSSR count). The van der Waals surface area contributed by atoms with Crippen LogP contribution in [0.5, 0.6) is 5.75 Å². The summed E-state index contributed by atoms with van der Waals surface area (Å²) in [6.45, 7) is 4.18. The van der Waals surface area contributed by atoms with E-state index in [9.17, 15) is 4.79 Å². The molecule has 0 fully saturated rings. The zero-order chi connectivity index (χ0) is 19.2. The first-order valence-corrected chi connectivity index (χ1v) is 8.64. The van der Waals surface area contributed by atoms with Crippen LogP contribution in [0, 0.1) is 0 Å². The first-order chi connectivity index (χ1) is 13.0. The van der Waals surface area contributed by atoms with Crippen LogP contribution in [0.1, 0.15) is 36.8 Å². The van der Waals surface area contributed by atoms with Gasteiger partial charge in [-0.15, -0.1) is 0 Å². The quantitative estimate of drug-likeness (QED) is 0.687. The summed E-state index contributed by atoms with van der Waals surface area (Å²) in [6, 6.07) is 15.4. The molecule has 1 heterocycles. The van der Waals surface area contributed by atoms with E-state index in [1.54, 1.807) is 30.3 Å². The number of benzene rings is 2. The van der Waals surface area contributed by atoms with Crippen molar-refractivity contribution in [3.63, 3.8) is 0 Å². The second kappa shape index (κ2) is 8.31. The molecule has 6 nitrogen and oxygen atoms in total. The van der Waals surface area contributed by atoms with Crippen LogP contribution >= 0.6 is 0 Å². The summed E-state index contributed by atoms with van der Waals surface area (Å²) in [5.41, 5.74) is 8.20. The van der Waals surface area contributed by atoms with Crippen molar-refractivity contribution < 1.29 is 14.1 Å². The van der Waals surface area contributed by atoms with Crippen molar-refractivity contribution in [1.82, 2.24) is 10.1 Å². The Morgan fingerprint density at radius 1 is 1.11 bits per heavy atom. The summed E-state index contributed by atoms with van der Waals surface area (Å²) in [4.78, 5) is 15.1. The first kappa shape index (κ1) is 18.4. The molecule has 0 aliphatic heterocycles. The largest absolute Gasteiger partial charge is 0.484 e. The third kappa shape index (κ3) is 5.04. The van der Waals surface area contributed by atoms with Gasteiger partial charge in [0.1, 0.15) is 5.75 Å². The highest BCUT2D eigenvalue weighted by Crippen LogP contribution is 2.21. The van der Waals surface area contributed by atoms with Gasteiger partial charge in [0.25, 0.3) is 11.8 Å². The van der Waals surface area contributed by atoms with Crippen molar-refractivity contribution in [2.24, 2.45) is 5.73 Å². The Hall–Kier alpha value is -3.41. The van der Waals surface area contributed by atoms with Crippen LogP contribution in [0.15, 0.2) is 53.1 Å². The molecule has 0 unspecified atom stereocenters. The zero-order valence-corrected chi connectivity index (χ0v) is 15.3. The minimum atomic E-state index is -0.521. The van der Waals surface area contributed by atoms with Gasteiger partial charge in [0, 0.05) is 11.6 Å². The number of aromatic nitrogens is 2. The third-order valence-electron chi connectivity index (χ3n) is 3.96. The predicted octanol–water partition coefficient (Wildman–Crippen LogP) is 3.89. The molecule has 0 saturated carbocycles. The number of nitrogens with zero attached hydrogens (tertiary/aromatic N) is 2. The molecule has 3 aromatic rings. The van der Waals surface area contributed by atoms with Crippen LogP contribution in [0.2, 0.25) is 0 Å². The molecule has 27 heavy (non-hydrogen) atoms. The van der Waals surface area contributed by atoms with Gasteiger partial charge in [-0.3, -0.25) is 4.79 Å². The van der Waals surface area contributed by atoms with E-state index in [2.05, 4.69) is 48.3 Å². The van der Waals surface area contributed by atoms with E-state index in [0.29, 0.717) is 23.4 Å². The Kier molecular flexibility index (Phi) is 5.66. The molecule has 1 aromatic heterocycles. The van der Waals surface area contributed by atoms with Gasteiger partial charge in [-0.05, 0) is 47.4 Å². The van der Waals surface area contributed by atoms with E-state index < -0.39 is 5.91 Å². The van der Waals surface area contributed by atoms with E-state index in [4.69, 9.17) is 15.0 Å². The minimum absolute atomic E-state index is 0.158. The van der Waals surface area contributed by atoms with Crippen LogP contribution in [0.25, 0.3) is 23.5 Å². The molecule has 0 atom stereocenters. The number of hydrogen-bond donors (Lipinski definition) is 1.